The fraction of sp³-hybridized carbons (Fsp3) is 0. The Hall–Kier alpha value is -2.83. The van der Waals surface area contributed by atoms with Crippen molar-refractivity contribution in [1.29, 1.82) is 0 Å². The highest BCUT2D eigenvalue weighted by molar-refractivity contribution is 5.87. The van der Waals surface area contributed by atoms with Crippen LogP contribution in [0.4, 0.5) is 16.2 Å². The van der Waals surface area contributed by atoms with Crippen LogP contribution in [0.2, 0.25) is 0 Å². The number of nitro benzene ring substituents is 1. The zero-order valence-electron chi connectivity index (χ0n) is 8.99. The van der Waals surface area contributed by atoms with Gasteiger partial charge in [0.2, 0.25) is 0 Å². The zero-order chi connectivity index (χ0) is 13.1. The van der Waals surface area contributed by atoms with Crippen molar-refractivity contribution in [2.45, 2.75) is 0 Å². The molecule has 18 heavy (non-hydrogen) atoms. The molecule has 0 fully saturated rings. The summed E-state index contributed by atoms with van der Waals surface area (Å²) in [6, 6.07) is 5.86. The van der Waals surface area contributed by atoms with Gasteiger partial charge in [-0.15, -0.1) is 0 Å². The molecule has 1 aromatic heterocycles. The van der Waals surface area contributed by atoms with Crippen LogP contribution >= 0.6 is 0 Å². The second-order valence-corrected chi connectivity index (χ2v) is 3.43. The molecule has 2 N–H and O–H groups in total. The summed E-state index contributed by atoms with van der Waals surface area (Å²) in [4.78, 5) is 20.7. The summed E-state index contributed by atoms with van der Waals surface area (Å²) >= 11 is 0. The normalized spacial score (nSPS) is 10.0. The van der Waals surface area contributed by atoms with Crippen LogP contribution < -0.4 is 5.32 Å². The van der Waals surface area contributed by atoms with Gasteiger partial charge in [0.15, 0.2) is 0 Å². The number of hydrogen-bond acceptors (Lipinski definition) is 4. The fourth-order valence-corrected chi connectivity index (χ4v) is 1.51. The fourth-order valence-electron chi connectivity index (χ4n) is 1.51. The molecule has 7 heteroatoms. The lowest BCUT2D eigenvalue weighted by Crippen LogP contribution is -2.09. The summed E-state index contributed by atoms with van der Waals surface area (Å²) in [5, 5.41) is 21.4. The SMILES string of the molecule is O=C(O)Nc1ccc(-c2ccoc2)cc1[N+](=O)[O-]. The van der Waals surface area contributed by atoms with Gasteiger partial charge in [0.25, 0.3) is 5.69 Å². The topological polar surface area (TPSA) is 106 Å². The average molecular weight is 248 g/mol. The third kappa shape index (κ3) is 2.29. The number of hydrogen-bond donors (Lipinski definition) is 2. The molecule has 0 atom stereocenters. The van der Waals surface area contributed by atoms with Gasteiger partial charge in [-0.05, 0) is 17.7 Å². The molecule has 0 radical (unpaired) electrons. The zero-order valence-corrected chi connectivity index (χ0v) is 8.99. The van der Waals surface area contributed by atoms with Crippen LogP contribution in [-0.4, -0.2) is 16.1 Å². The molecular weight excluding hydrogens is 240 g/mol. The first-order chi connectivity index (χ1) is 8.58. The van der Waals surface area contributed by atoms with Gasteiger partial charge in [-0.1, -0.05) is 6.07 Å². The highest BCUT2D eigenvalue weighted by Gasteiger charge is 2.17. The van der Waals surface area contributed by atoms with Crippen LogP contribution in [0.1, 0.15) is 0 Å². The summed E-state index contributed by atoms with van der Waals surface area (Å²) in [7, 11) is 0. The van der Waals surface area contributed by atoms with E-state index in [2.05, 4.69) is 0 Å². The number of anilines is 1. The van der Waals surface area contributed by atoms with Crippen molar-refractivity contribution in [2.24, 2.45) is 0 Å². The van der Waals surface area contributed by atoms with E-state index in [1.54, 1.807) is 12.1 Å². The van der Waals surface area contributed by atoms with Gasteiger partial charge >= 0.3 is 6.09 Å². The Labute approximate surface area is 101 Å². The molecule has 1 heterocycles. The number of carbonyl (C=O) groups is 1. The molecule has 0 spiro atoms. The highest BCUT2D eigenvalue weighted by atomic mass is 16.6. The van der Waals surface area contributed by atoms with E-state index in [9.17, 15) is 14.9 Å². The van der Waals surface area contributed by atoms with Crippen LogP contribution in [-0.2, 0) is 0 Å². The molecular formula is C11H8N2O5. The lowest BCUT2D eigenvalue weighted by Gasteiger charge is -2.04. The van der Waals surface area contributed by atoms with E-state index in [0.717, 1.165) is 0 Å². The van der Waals surface area contributed by atoms with Gasteiger partial charge in [-0.2, -0.15) is 0 Å². The van der Waals surface area contributed by atoms with E-state index in [4.69, 9.17) is 9.52 Å². The minimum atomic E-state index is -1.35. The summed E-state index contributed by atoms with van der Waals surface area (Å²) in [5.41, 5.74) is 0.877. The summed E-state index contributed by atoms with van der Waals surface area (Å²) in [6.45, 7) is 0. The van der Waals surface area contributed by atoms with E-state index in [1.165, 1.54) is 24.7 Å². The minimum absolute atomic E-state index is 0.0697. The molecule has 0 aliphatic carbocycles. The Balaban J connectivity index is 2.46. The van der Waals surface area contributed by atoms with Crippen molar-refractivity contribution in [3.8, 4) is 11.1 Å². The molecule has 92 valence electrons. The molecule has 0 aliphatic heterocycles. The van der Waals surface area contributed by atoms with Crippen molar-refractivity contribution in [2.75, 3.05) is 5.32 Å². The Morgan fingerprint density at radius 1 is 1.33 bits per heavy atom. The maximum atomic E-state index is 10.9. The van der Waals surface area contributed by atoms with Crippen molar-refractivity contribution in [3.05, 3.63) is 46.9 Å². The minimum Gasteiger partial charge on any atom is -0.472 e. The summed E-state index contributed by atoms with van der Waals surface area (Å²) < 4.78 is 4.88. The molecule has 1 aromatic carbocycles. The van der Waals surface area contributed by atoms with Crippen molar-refractivity contribution in [3.63, 3.8) is 0 Å². The first-order valence-corrected chi connectivity index (χ1v) is 4.89. The van der Waals surface area contributed by atoms with Crippen LogP contribution in [0, 0.1) is 10.1 Å². The molecule has 0 aliphatic rings. The second-order valence-electron chi connectivity index (χ2n) is 3.43. The lowest BCUT2D eigenvalue weighted by molar-refractivity contribution is -0.383. The maximum absolute atomic E-state index is 10.9. The molecule has 2 aromatic rings. The number of furan rings is 1. The Morgan fingerprint density at radius 3 is 2.67 bits per heavy atom. The Kier molecular flexibility index (Phi) is 2.96. The van der Waals surface area contributed by atoms with E-state index in [-0.39, 0.29) is 11.4 Å². The van der Waals surface area contributed by atoms with Crippen LogP contribution in [0.15, 0.2) is 41.2 Å². The van der Waals surface area contributed by atoms with E-state index in [1.807, 2.05) is 5.32 Å². The molecule has 0 saturated heterocycles. The number of nitro groups is 1. The summed E-state index contributed by atoms with van der Waals surface area (Å²) in [6.07, 6.45) is 1.54. The van der Waals surface area contributed by atoms with E-state index < -0.39 is 11.0 Å². The Morgan fingerprint density at radius 2 is 2.11 bits per heavy atom. The first kappa shape index (κ1) is 11.6. The van der Waals surface area contributed by atoms with Crippen LogP contribution in [0.25, 0.3) is 11.1 Å². The largest absolute Gasteiger partial charge is 0.472 e. The highest BCUT2D eigenvalue weighted by Crippen LogP contribution is 2.30. The third-order valence-electron chi connectivity index (χ3n) is 2.29. The van der Waals surface area contributed by atoms with Gasteiger partial charge in [-0.25, -0.2) is 4.79 Å². The molecule has 0 bridgehead atoms. The monoisotopic (exact) mass is 248 g/mol. The van der Waals surface area contributed by atoms with Gasteiger partial charge in [-0.3, -0.25) is 15.4 Å². The summed E-state index contributed by atoms with van der Waals surface area (Å²) in [5.74, 6) is 0. The number of rotatable bonds is 3. The molecule has 0 unspecified atom stereocenters. The van der Waals surface area contributed by atoms with Crippen molar-refractivity contribution < 1.29 is 19.2 Å². The quantitative estimate of drug-likeness (QED) is 0.641. The third-order valence-corrected chi connectivity index (χ3v) is 2.29. The number of amides is 1. The van der Waals surface area contributed by atoms with Gasteiger partial charge in [0.1, 0.15) is 5.69 Å². The van der Waals surface area contributed by atoms with Crippen molar-refractivity contribution >= 4 is 17.5 Å². The maximum Gasteiger partial charge on any atom is 0.409 e. The smallest absolute Gasteiger partial charge is 0.409 e. The molecule has 1 amide bonds. The number of benzene rings is 1. The predicted molar refractivity (Wildman–Crippen MR) is 62.4 cm³/mol. The molecule has 7 nitrogen and oxygen atoms in total. The van der Waals surface area contributed by atoms with E-state index >= 15 is 0 Å². The van der Waals surface area contributed by atoms with E-state index in [0.29, 0.717) is 11.1 Å². The van der Waals surface area contributed by atoms with Gasteiger partial charge in [0, 0.05) is 11.6 Å². The van der Waals surface area contributed by atoms with Crippen molar-refractivity contribution in [1.82, 2.24) is 0 Å². The van der Waals surface area contributed by atoms with Gasteiger partial charge in [0.05, 0.1) is 17.4 Å². The predicted octanol–water partition coefficient (Wildman–Crippen LogP) is 2.94. The first-order valence-electron chi connectivity index (χ1n) is 4.89. The lowest BCUT2D eigenvalue weighted by atomic mass is 10.1. The average Bonchev–Trinajstić information content (AvgIpc) is 2.82. The number of nitrogens with zero attached hydrogens (tertiary/aromatic N) is 1. The number of nitrogens with one attached hydrogen (secondary N) is 1. The standard InChI is InChI=1S/C11H8N2O5/c14-11(15)12-9-2-1-7(5-10(9)13(16)17)8-3-4-18-6-8/h1-6,12H,(H,14,15). The van der Waals surface area contributed by atoms with Crippen LogP contribution in [0.3, 0.4) is 0 Å². The Bertz CT molecular complexity index is 591. The molecule has 2 rings (SSSR count). The van der Waals surface area contributed by atoms with Gasteiger partial charge < -0.3 is 9.52 Å². The second kappa shape index (κ2) is 4.58. The van der Waals surface area contributed by atoms with Crippen LogP contribution in [0.5, 0.6) is 0 Å². The number of carboxylic acid groups (broad SMARTS) is 1. The molecule has 0 saturated carbocycles.